The predicted molar refractivity (Wildman–Crippen MR) is 69.8 cm³/mol. The Morgan fingerprint density at radius 1 is 1.33 bits per heavy atom. The summed E-state index contributed by atoms with van der Waals surface area (Å²) in [5.74, 6) is 1.20. The number of isocyanates is 1. The molecule has 90 valence electrons. The monoisotopic (exact) mass is 239 g/mol. The zero-order valence-corrected chi connectivity index (χ0v) is 10.1. The molecule has 3 nitrogen and oxygen atoms in total. The number of benzene rings is 2. The molecular formula is C15H13NO2. The number of ether oxygens (including phenoxy) is 1. The normalized spacial score (nSPS) is 21.4. The third kappa shape index (κ3) is 1.79. The lowest BCUT2D eigenvalue weighted by Crippen LogP contribution is -1.89. The Balaban J connectivity index is 2.09. The van der Waals surface area contributed by atoms with Crippen LogP contribution in [0.4, 0.5) is 0 Å². The fourth-order valence-corrected chi connectivity index (χ4v) is 2.45. The van der Waals surface area contributed by atoms with Crippen molar-refractivity contribution in [3.8, 4) is 5.75 Å². The van der Waals surface area contributed by atoms with Crippen molar-refractivity contribution in [1.82, 2.24) is 0 Å². The van der Waals surface area contributed by atoms with Gasteiger partial charge in [-0.3, -0.25) is 0 Å². The van der Waals surface area contributed by atoms with Gasteiger partial charge in [0.05, 0.1) is 13.2 Å². The lowest BCUT2D eigenvalue weighted by atomic mass is 10.0. The van der Waals surface area contributed by atoms with E-state index in [1.807, 2.05) is 18.2 Å². The number of hydrogen-bond acceptors (Lipinski definition) is 3. The second-order valence-electron chi connectivity index (χ2n) is 4.56. The summed E-state index contributed by atoms with van der Waals surface area (Å²) in [6.45, 7) is 0. The molecule has 3 heteroatoms. The molecular weight excluding hydrogens is 226 g/mol. The van der Waals surface area contributed by atoms with Gasteiger partial charge in [0.15, 0.2) is 0 Å². The van der Waals surface area contributed by atoms with E-state index in [1.54, 1.807) is 13.2 Å². The van der Waals surface area contributed by atoms with Crippen LogP contribution in [0.2, 0.25) is 0 Å². The molecule has 0 spiro atoms. The summed E-state index contributed by atoms with van der Waals surface area (Å²) in [5.41, 5.74) is 1.25. The lowest BCUT2D eigenvalue weighted by molar-refractivity contribution is 0.415. The minimum absolute atomic E-state index is 0.110. The fraction of sp³-hybridized carbons (Fsp3) is 0.267. The van der Waals surface area contributed by atoms with Crippen molar-refractivity contribution in [3.63, 3.8) is 0 Å². The molecule has 1 fully saturated rings. The largest absolute Gasteiger partial charge is 0.497 e. The maximum Gasteiger partial charge on any atom is 0.235 e. The van der Waals surface area contributed by atoms with E-state index in [1.165, 1.54) is 16.3 Å². The molecule has 1 aliphatic rings. The zero-order valence-electron chi connectivity index (χ0n) is 10.1. The van der Waals surface area contributed by atoms with Crippen LogP contribution < -0.4 is 4.74 Å². The van der Waals surface area contributed by atoms with Gasteiger partial charge in [-0.1, -0.05) is 24.3 Å². The van der Waals surface area contributed by atoms with E-state index in [0.29, 0.717) is 5.92 Å². The van der Waals surface area contributed by atoms with E-state index in [-0.39, 0.29) is 6.04 Å². The third-order valence-electron chi connectivity index (χ3n) is 3.50. The maximum atomic E-state index is 10.3. The number of fused-ring (bicyclic) bond motifs is 1. The van der Waals surface area contributed by atoms with Crippen molar-refractivity contribution in [1.29, 1.82) is 0 Å². The number of nitrogens with zero attached hydrogens (tertiary/aromatic N) is 1. The Morgan fingerprint density at radius 2 is 2.22 bits per heavy atom. The van der Waals surface area contributed by atoms with Crippen LogP contribution in [0.1, 0.15) is 17.9 Å². The van der Waals surface area contributed by atoms with E-state index in [2.05, 4.69) is 23.2 Å². The first-order valence-corrected chi connectivity index (χ1v) is 5.97. The van der Waals surface area contributed by atoms with Gasteiger partial charge in [0.2, 0.25) is 6.08 Å². The van der Waals surface area contributed by atoms with E-state index in [9.17, 15) is 4.79 Å². The molecule has 1 aliphatic carbocycles. The van der Waals surface area contributed by atoms with Crippen molar-refractivity contribution in [2.75, 3.05) is 7.11 Å². The first kappa shape index (κ1) is 11.0. The highest BCUT2D eigenvalue weighted by Crippen LogP contribution is 2.46. The van der Waals surface area contributed by atoms with Gasteiger partial charge >= 0.3 is 0 Å². The number of methoxy groups -OCH3 is 1. The molecule has 0 bridgehead atoms. The van der Waals surface area contributed by atoms with Gasteiger partial charge in [-0.15, -0.1) is 0 Å². The van der Waals surface area contributed by atoms with Crippen LogP contribution in [0.5, 0.6) is 5.75 Å². The summed E-state index contributed by atoms with van der Waals surface area (Å²) in [5, 5.41) is 2.37. The minimum Gasteiger partial charge on any atom is -0.497 e. The fourth-order valence-electron chi connectivity index (χ4n) is 2.45. The Morgan fingerprint density at radius 3 is 3.00 bits per heavy atom. The Hall–Kier alpha value is -2.12. The number of aliphatic imine (C=N–C) groups is 1. The summed E-state index contributed by atoms with van der Waals surface area (Å²) in [4.78, 5) is 14.1. The molecule has 0 amide bonds. The summed E-state index contributed by atoms with van der Waals surface area (Å²) in [7, 11) is 1.67. The van der Waals surface area contributed by atoms with Crippen molar-refractivity contribution in [2.45, 2.75) is 18.4 Å². The van der Waals surface area contributed by atoms with Crippen molar-refractivity contribution in [2.24, 2.45) is 4.99 Å². The summed E-state index contributed by atoms with van der Waals surface area (Å²) < 4.78 is 5.27. The van der Waals surface area contributed by atoms with E-state index >= 15 is 0 Å². The average Bonchev–Trinajstić information content (AvgIpc) is 3.17. The topological polar surface area (TPSA) is 38.7 Å². The van der Waals surface area contributed by atoms with Gasteiger partial charge in [-0.25, -0.2) is 9.79 Å². The van der Waals surface area contributed by atoms with Crippen LogP contribution in [-0.4, -0.2) is 19.2 Å². The lowest BCUT2D eigenvalue weighted by Gasteiger charge is -2.07. The van der Waals surface area contributed by atoms with Crippen molar-refractivity contribution >= 4 is 16.9 Å². The quantitative estimate of drug-likeness (QED) is 0.610. The minimum atomic E-state index is 0.110. The summed E-state index contributed by atoms with van der Waals surface area (Å²) in [6, 6.07) is 12.4. The van der Waals surface area contributed by atoms with Crippen molar-refractivity contribution < 1.29 is 9.53 Å². The molecule has 18 heavy (non-hydrogen) atoms. The Kier molecular flexibility index (Phi) is 2.62. The Bertz CT molecular complexity index is 644. The molecule has 0 aliphatic heterocycles. The molecule has 0 unspecified atom stereocenters. The molecule has 0 saturated heterocycles. The smallest absolute Gasteiger partial charge is 0.235 e. The van der Waals surface area contributed by atoms with Gasteiger partial charge in [0, 0.05) is 5.92 Å². The second kappa shape index (κ2) is 4.28. The highest BCUT2D eigenvalue weighted by molar-refractivity contribution is 5.88. The van der Waals surface area contributed by atoms with Gasteiger partial charge in [0.1, 0.15) is 5.75 Å². The average molecular weight is 239 g/mol. The van der Waals surface area contributed by atoms with Crippen LogP contribution in [0.25, 0.3) is 10.8 Å². The molecule has 0 aromatic heterocycles. The molecule has 0 N–H and O–H groups in total. The van der Waals surface area contributed by atoms with E-state index in [4.69, 9.17) is 4.74 Å². The second-order valence-corrected chi connectivity index (χ2v) is 4.56. The molecule has 0 radical (unpaired) electrons. The van der Waals surface area contributed by atoms with Crippen LogP contribution in [0.3, 0.4) is 0 Å². The number of carbonyl (C=O) groups excluding carboxylic acids is 1. The molecule has 2 aromatic carbocycles. The number of hydrogen-bond donors (Lipinski definition) is 0. The third-order valence-corrected chi connectivity index (χ3v) is 3.50. The zero-order chi connectivity index (χ0) is 12.5. The van der Waals surface area contributed by atoms with Crippen molar-refractivity contribution in [3.05, 3.63) is 42.0 Å². The van der Waals surface area contributed by atoms with Crippen LogP contribution in [-0.2, 0) is 4.79 Å². The maximum absolute atomic E-state index is 10.3. The Labute approximate surface area is 105 Å². The highest BCUT2D eigenvalue weighted by atomic mass is 16.5. The van der Waals surface area contributed by atoms with Gasteiger partial charge < -0.3 is 4.74 Å². The molecule has 2 aromatic rings. The van der Waals surface area contributed by atoms with E-state index < -0.39 is 0 Å². The van der Waals surface area contributed by atoms with Crippen LogP contribution >= 0.6 is 0 Å². The van der Waals surface area contributed by atoms with Crippen LogP contribution in [0, 0.1) is 0 Å². The standard InChI is InChI=1S/C15H13NO2/c1-18-11-6-5-10-3-2-4-12(13(10)7-11)14-8-15(14)16-9-17/h2-7,14-15H,8H2,1H3/t14-,15+/m0/s1. The predicted octanol–water partition coefficient (Wildman–Crippen LogP) is 3.04. The molecule has 1 saturated carbocycles. The van der Waals surface area contributed by atoms with Gasteiger partial charge in [0.25, 0.3) is 0 Å². The number of rotatable bonds is 3. The summed E-state index contributed by atoms with van der Waals surface area (Å²) >= 11 is 0. The van der Waals surface area contributed by atoms with Crippen LogP contribution in [0.15, 0.2) is 41.4 Å². The molecule has 2 atom stereocenters. The first-order chi connectivity index (χ1) is 8.83. The van der Waals surface area contributed by atoms with Gasteiger partial charge in [-0.2, -0.15) is 0 Å². The molecule has 0 heterocycles. The molecule has 3 rings (SSSR count). The van der Waals surface area contributed by atoms with Gasteiger partial charge in [-0.05, 0) is 34.9 Å². The summed E-state index contributed by atoms with van der Waals surface area (Å²) in [6.07, 6.45) is 2.59. The highest BCUT2D eigenvalue weighted by Gasteiger charge is 2.39. The van der Waals surface area contributed by atoms with E-state index in [0.717, 1.165) is 12.2 Å². The first-order valence-electron chi connectivity index (χ1n) is 5.97. The SMILES string of the molecule is COc1ccc2cccc([C@@H]3C[C@H]3N=C=O)c2c1.